The van der Waals surface area contributed by atoms with E-state index in [9.17, 15) is 4.79 Å². The molecule has 0 radical (unpaired) electrons. The predicted molar refractivity (Wildman–Crippen MR) is 65.9 cm³/mol. The first-order chi connectivity index (χ1) is 8.36. The summed E-state index contributed by atoms with van der Waals surface area (Å²) >= 11 is 1.72. The summed E-state index contributed by atoms with van der Waals surface area (Å²) in [4.78, 5) is 11.5. The summed E-state index contributed by atoms with van der Waals surface area (Å²) in [6.45, 7) is 0.634. The average molecular weight is 251 g/mol. The zero-order valence-electron chi connectivity index (χ0n) is 9.22. The fourth-order valence-electron chi connectivity index (χ4n) is 1.30. The van der Waals surface area contributed by atoms with Gasteiger partial charge in [0.15, 0.2) is 0 Å². The molecule has 0 aliphatic carbocycles. The lowest BCUT2D eigenvalue weighted by Crippen LogP contribution is -2.25. The van der Waals surface area contributed by atoms with Crippen molar-refractivity contribution < 1.29 is 13.6 Å². The molecule has 90 valence electrons. The monoisotopic (exact) mass is 251 g/mol. The SMILES string of the molecule is O=C(NCCSCc1ccco1)c1ccoc1. The van der Waals surface area contributed by atoms with Gasteiger partial charge in [-0.15, -0.1) is 0 Å². The number of carbonyl (C=O) groups is 1. The maximum absolute atomic E-state index is 11.5. The zero-order chi connectivity index (χ0) is 11.9. The minimum Gasteiger partial charge on any atom is -0.472 e. The number of carbonyl (C=O) groups excluding carboxylic acids is 1. The number of rotatable bonds is 6. The van der Waals surface area contributed by atoms with E-state index in [1.54, 1.807) is 24.1 Å². The molecule has 0 spiro atoms. The van der Waals surface area contributed by atoms with E-state index in [0.29, 0.717) is 12.1 Å². The topological polar surface area (TPSA) is 55.4 Å². The van der Waals surface area contributed by atoms with Crippen molar-refractivity contribution in [3.63, 3.8) is 0 Å². The minimum absolute atomic E-state index is 0.0997. The molecule has 0 saturated heterocycles. The normalized spacial score (nSPS) is 10.4. The standard InChI is InChI=1S/C12H13NO3S/c14-12(10-3-6-15-8-10)13-4-7-17-9-11-2-1-5-16-11/h1-3,5-6,8H,4,7,9H2,(H,13,14). The third kappa shape index (κ3) is 3.71. The highest BCUT2D eigenvalue weighted by Crippen LogP contribution is 2.11. The summed E-state index contributed by atoms with van der Waals surface area (Å²) in [6.07, 6.45) is 4.59. The summed E-state index contributed by atoms with van der Waals surface area (Å²) in [5.41, 5.74) is 0.557. The molecule has 2 heterocycles. The Bertz CT molecular complexity index is 436. The molecular formula is C12H13NO3S. The number of hydrogen-bond acceptors (Lipinski definition) is 4. The van der Waals surface area contributed by atoms with Crippen LogP contribution in [0, 0.1) is 0 Å². The number of nitrogens with one attached hydrogen (secondary N) is 1. The van der Waals surface area contributed by atoms with E-state index in [0.717, 1.165) is 17.3 Å². The highest BCUT2D eigenvalue weighted by molar-refractivity contribution is 7.98. The van der Waals surface area contributed by atoms with Gasteiger partial charge in [0.05, 0.1) is 23.8 Å². The van der Waals surface area contributed by atoms with Crippen molar-refractivity contribution in [1.82, 2.24) is 5.32 Å². The zero-order valence-corrected chi connectivity index (χ0v) is 10.0. The van der Waals surface area contributed by atoms with Gasteiger partial charge in [0.2, 0.25) is 0 Å². The van der Waals surface area contributed by atoms with Gasteiger partial charge in [-0.05, 0) is 18.2 Å². The van der Waals surface area contributed by atoms with Crippen molar-refractivity contribution in [2.24, 2.45) is 0 Å². The van der Waals surface area contributed by atoms with Crippen molar-refractivity contribution in [3.05, 3.63) is 48.3 Å². The van der Waals surface area contributed by atoms with Crippen LogP contribution in [-0.2, 0) is 5.75 Å². The molecular weight excluding hydrogens is 238 g/mol. The molecule has 2 aromatic heterocycles. The van der Waals surface area contributed by atoms with Crippen LogP contribution in [0.2, 0.25) is 0 Å². The van der Waals surface area contributed by atoms with Crippen LogP contribution in [0.15, 0.2) is 45.8 Å². The summed E-state index contributed by atoms with van der Waals surface area (Å²) in [6, 6.07) is 5.46. The lowest BCUT2D eigenvalue weighted by atomic mass is 10.3. The van der Waals surface area contributed by atoms with E-state index in [1.165, 1.54) is 12.5 Å². The lowest BCUT2D eigenvalue weighted by Gasteiger charge is -2.02. The highest BCUT2D eigenvalue weighted by Gasteiger charge is 2.05. The van der Waals surface area contributed by atoms with Crippen LogP contribution in [0.4, 0.5) is 0 Å². The molecule has 0 saturated carbocycles. The van der Waals surface area contributed by atoms with Crippen molar-refractivity contribution in [2.45, 2.75) is 5.75 Å². The van der Waals surface area contributed by atoms with Crippen LogP contribution in [0.5, 0.6) is 0 Å². The van der Waals surface area contributed by atoms with Gasteiger partial charge < -0.3 is 14.2 Å². The van der Waals surface area contributed by atoms with E-state index in [4.69, 9.17) is 8.83 Å². The first kappa shape index (κ1) is 11.9. The van der Waals surface area contributed by atoms with E-state index in [1.807, 2.05) is 12.1 Å². The number of furan rings is 2. The largest absolute Gasteiger partial charge is 0.472 e. The number of thioether (sulfide) groups is 1. The molecule has 0 unspecified atom stereocenters. The van der Waals surface area contributed by atoms with Crippen LogP contribution in [-0.4, -0.2) is 18.2 Å². The Balaban J connectivity index is 1.59. The molecule has 0 aliphatic heterocycles. The molecule has 0 bridgehead atoms. The van der Waals surface area contributed by atoms with Crippen molar-refractivity contribution in [2.75, 3.05) is 12.3 Å². The molecule has 17 heavy (non-hydrogen) atoms. The minimum atomic E-state index is -0.0997. The Morgan fingerprint density at radius 2 is 2.29 bits per heavy atom. The van der Waals surface area contributed by atoms with Gasteiger partial charge in [0.25, 0.3) is 5.91 Å². The summed E-state index contributed by atoms with van der Waals surface area (Å²) in [7, 11) is 0. The van der Waals surface area contributed by atoms with Gasteiger partial charge in [-0.3, -0.25) is 4.79 Å². The van der Waals surface area contributed by atoms with E-state index >= 15 is 0 Å². The second-order valence-corrected chi connectivity index (χ2v) is 4.51. The van der Waals surface area contributed by atoms with Crippen LogP contribution < -0.4 is 5.32 Å². The highest BCUT2D eigenvalue weighted by atomic mass is 32.2. The lowest BCUT2D eigenvalue weighted by molar-refractivity contribution is 0.0955. The smallest absolute Gasteiger partial charge is 0.254 e. The van der Waals surface area contributed by atoms with Crippen LogP contribution in [0.3, 0.4) is 0 Å². The van der Waals surface area contributed by atoms with Gasteiger partial charge in [-0.1, -0.05) is 0 Å². The Labute approximate surface area is 103 Å². The summed E-state index contributed by atoms with van der Waals surface area (Å²) in [5, 5.41) is 2.81. The third-order valence-electron chi connectivity index (χ3n) is 2.14. The first-order valence-corrected chi connectivity index (χ1v) is 6.42. The second kappa shape index (κ2) is 6.20. The van der Waals surface area contributed by atoms with E-state index in [2.05, 4.69) is 5.32 Å². The Kier molecular flexibility index (Phi) is 4.32. The van der Waals surface area contributed by atoms with Gasteiger partial charge in [-0.25, -0.2) is 0 Å². The quantitative estimate of drug-likeness (QED) is 0.801. The summed E-state index contributed by atoms with van der Waals surface area (Å²) in [5.74, 6) is 2.53. The maximum Gasteiger partial charge on any atom is 0.254 e. The van der Waals surface area contributed by atoms with Gasteiger partial charge >= 0.3 is 0 Å². The fraction of sp³-hybridized carbons (Fsp3) is 0.250. The van der Waals surface area contributed by atoms with Gasteiger partial charge in [0, 0.05) is 12.3 Å². The summed E-state index contributed by atoms with van der Waals surface area (Å²) < 4.78 is 10.0. The molecule has 2 aromatic rings. The van der Waals surface area contributed by atoms with E-state index in [-0.39, 0.29) is 5.91 Å². The molecule has 4 nitrogen and oxygen atoms in total. The van der Waals surface area contributed by atoms with Crippen LogP contribution in [0.1, 0.15) is 16.1 Å². The van der Waals surface area contributed by atoms with Crippen molar-refractivity contribution in [3.8, 4) is 0 Å². The van der Waals surface area contributed by atoms with Crippen molar-refractivity contribution in [1.29, 1.82) is 0 Å². The first-order valence-electron chi connectivity index (χ1n) is 5.27. The number of hydrogen-bond donors (Lipinski definition) is 1. The Hall–Kier alpha value is -1.62. The molecule has 1 N–H and O–H groups in total. The Morgan fingerprint density at radius 1 is 1.35 bits per heavy atom. The van der Waals surface area contributed by atoms with Gasteiger partial charge in [0.1, 0.15) is 12.0 Å². The average Bonchev–Trinajstić information content (AvgIpc) is 3.01. The Morgan fingerprint density at radius 3 is 3.00 bits per heavy atom. The molecule has 1 amide bonds. The van der Waals surface area contributed by atoms with Crippen LogP contribution >= 0.6 is 11.8 Å². The molecule has 5 heteroatoms. The molecule has 0 fully saturated rings. The number of amides is 1. The van der Waals surface area contributed by atoms with E-state index < -0.39 is 0 Å². The maximum atomic E-state index is 11.5. The third-order valence-corrected chi connectivity index (χ3v) is 3.12. The van der Waals surface area contributed by atoms with Gasteiger partial charge in [-0.2, -0.15) is 11.8 Å². The molecule has 0 aromatic carbocycles. The van der Waals surface area contributed by atoms with Crippen molar-refractivity contribution >= 4 is 17.7 Å². The molecule has 2 rings (SSSR count). The molecule has 0 aliphatic rings. The predicted octanol–water partition coefficient (Wildman–Crippen LogP) is 2.54. The second-order valence-electron chi connectivity index (χ2n) is 3.40. The fourth-order valence-corrected chi connectivity index (χ4v) is 2.06. The van der Waals surface area contributed by atoms with Crippen LogP contribution in [0.25, 0.3) is 0 Å². The molecule has 0 atom stereocenters.